The summed E-state index contributed by atoms with van der Waals surface area (Å²) < 4.78 is 6.79. The highest BCUT2D eigenvalue weighted by atomic mass is 16.5. The fraction of sp³-hybridized carbons (Fsp3) is 0.593. The van der Waals surface area contributed by atoms with E-state index in [0.717, 1.165) is 29.8 Å². The molecule has 0 radical (unpaired) electrons. The highest BCUT2D eigenvalue weighted by molar-refractivity contribution is 5.70. The van der Waals surface area contributed by atoms with E-state index < -0.39 is 0 Å². The van der Waals surface area contributed by atoms with Crippen molar-refractivity contribution < 1.29 is 9.53 Å². The number of aryl methyl sites for hydroxylation is 1. The van der Waals surface area contributed by atoms with Crippen molar-refractivity contribution in [3.8, 4) is 0 Å². The monoisotopic (exact) mass is 468 g/mol. The average Bonchev–Trinajstić information content (AvgIpc) is 2.81. The molecule has 1 N–H and O–H groups in total. The molecule has 0 bridgehead atoms. The normalized spacial score (nSPS) is 18.1. The molecular formula is C27H40N4O3. The second-order valence-corrected chi connectivity index (χ2v) is 9.99. The highest BCUT2D eigenvalue weighted by Crippen LogP contribution is 2.28. The van der Waals surface area contributed by atoms with E-state index in [0.29, 0.717) is 18.5 Å². The molecule has 0 spiro atoms. The number of hydrogen-bond donors (Lipinski definition) is 1. The zero-order valence-corrected chi connectivity index (χ0v) is 21.3. The van der Waals surface area contributed by atoms with Gasteiger partial charge in [0.2, 0.25) is 0 Å². The van der Waals surface area contributed by atoms with Crippen LogP contribution in [-0.2, 0) is 9.53 Å². The van der Waals surface area contributed by atoms with E-state index in [1.807, 2.05) is 31.6 Å². The maximum atomic E-state index is 12.7. The third-order valence-electron chi connectivity index (χ3n) is 6.72. The highest BCUT2D eigenvalue weighted by Gasteiger charge is 2.23. The molecule has 3 atom stereocenters. The van der Waals surface area contributed by atoms with Crippen LogP contribution in [0.2, 0.25) is 0 Å². The largest absolute Gasteiger partial charge is 0.469 e. The fourth-order valence-electron chi connectivity index (χ4n) is 4.84. The van der Waals surface area contributed by atoms with Gasteiger partial charge in [0.05, 0.1) is 25.4 Å². The lowest BCUT2D eigenvalue weighted by molar-refractivity contribution is -0.141. The molecule has 0 aromatic carbocycles. The summed E-state index contributed by atoms with van der Waals surface area (Å²) in [4.78, 5) is 31.9. The second kappa shape index (κ2) is 12.2. The maximum Gasteiger partial charge on any atom is 0.307 e. The third kappa shape index (κ3) is 6.92. The number of methoxy groups -OCH3 is 1. The molecule has 0 aliphatic carbocycles. The number of carbonyl (C=O) groups excluding carboxylic acids is 1. The fourth-order valence-corrected chi connectivity index (χ4v) is 4.84. The Morgan fingerprint density at radius 2 is 2.06 bits per heavy atom. The maximum absolute atomic E-state index is 12.7. The summed E-state index contributed by atoms with van der Waals surface area (Å²) in [6.45, 7) is 10.1. The lowest BCUT2D eigenvalue weighted by Crippen LogP contribution is -2.38. The summed E-state index contributed by atoms with van der Waals surface area (Å²) in [6.07, 6.45) is 10.3. The van der Waals surface area contributed by atoms with Gasteiger partial charge in [-0.1, -0.05) is 13.8 Å². The number of anilines is 1. The van der Waals surface area contributed by atoms with Gasteiger partial charge in [0.1, 0.15) is 0 Å². The van der Waals surface area contributed by atoms with Crippen molar-refractivity contribution in [2.45, 2.75) is 77.9 Å². The molecular weight excluding hydrogens is 428 g/mol. The first-order chi connectivity index (χ1) is 16.3. The molecule has 3 rings (SSSR count). The van der Waals surface area contributed by atoms with E-state index in [9.17, 15) is 9.59 Å². The molecule has 0 amide bonds. The van der Waals surface area contributed by atoms with Gasteiger partial charge in [0.25, 0.3) is 5.56 Å². The van der Waals surface area contributed by atoms with Gasteiger partial charge in [-0.05, 0) is 68.7 Å². The van der Waals surface area contributed by atoms with E-state index in [1.165, 1.54) is 26.4 Å². The van der Waals surface area contributed by atoms with Crippen molar-refractivity contribution in [2.75, 3.05) is 25.1 Å². The first-order valence-corrected chi connectivity index (χ1v) is 12.5. The molecule has 34 heavy (non-hydrogen) atoms. The molecule has 0 saturated carbocycles. The van der Waals surface area contributed by atoms with Crippen LogP contribution < -0.4 is 15.8 Å². The van der Waals surface area contributed by atoms with Gasteiger partial charge in [-0.2, -0.15) is 0 Å². The summed E-state index contributed by atoms with van der Waals surface area (Å²) in [7, 11) is 1.41. The lowest BCUT2D eigenvalue weighted by Gasteiger charge is -2.35. The average molecular weight is 469 g/mol. The molecule has 186 valence electrons. The number of hydrogen-bond acceptors (Lipinski definition) is 6. The lowest BCUT2D eigenvalue weighted by atomic mass is 10.00. The van der Waals surface area contributed by atoms with E-state index >= 15 is 0 Å². The number of nitrogens with one attached hydrogen (secondary N) is 1. The summed E-state index contributed by atoms with van der Waals surface area (Å²) in [6, 6.07) is 5.98. The molecule has 1 fully saturated rings. The van der Waals surface area contributed by atoms with Crippen LogP contribution in [0.25, 0.3) is 0 Å². The van der Waals surface area contributed by atoms with Crippen LogP contribution in [0.5, 0.6) is 0 Å². The Kier molecular flexibility index (Phi) is 9.28. The first kappa shape index (κ1) is 25.9. The number of ether oxygens (including phenoxy) is 1. The van der Waals surface area contributed by atoms with Crippen molar-refractivity contribution >= 4 is 11.7 Å². The zero-order chi connectivity index (χ0) is 24.7. The van der Waals surface area contributed by atoms with Crippen molar-refractivity contribution in [3.05, 3.63) is 58.3 Å². The summed E-state index contributed by atoms with van der Waals surface area (Å²) in [5, 5.41) is 3.57. The molecule has 2 aromatic rings. The van der Waals surface area contributed by atoms with Crippen LogP contribution in [0.3, 0.4) is 0 Å². The molecule has 7 heteroatoms. The summed E-state index contributed by atoms with van der Waals surface area (Å²) in [5.74, 6) is 0.145. The number of rotatable bonds is 10. The molecule has 3 heterocycles. The van der Waals surface area contributed by atoms with Gasteiger partial charge >= 0.3 is 5.97 Å². The zero-order valence-electron chi connectivity index (χ0n) is 21.3. The third-order valence-corrected chi connectivity index (χ3v) is 6.72. The Bertz CT molecular complexity index is 1000. The number of aromatic nitrogens is 2. The SMILES string of the molecule is COC(=O)C[C@H](NC[C@H](CC(C)C)n1ccc(C)cc1=O)c1cncc(N2CCCC[C@@H]2C)c1. The minimum atomic E-state index is -0.276. The van der Waals surface area contributed by atoms with Gasteiger partial charge in [-0.3, -0.25) is 14.6 Å². The van der Waals surface area contributed by atoms with Crippen molar-refractivity contribution in [1.29, 1.82) is 0 Å². The Morgan fingerprint density at radius 3 is 2.74 bits per heavy atom. The number of nitrogens with zero attached hydrogens (tertiary/aromatic N) is 3. The van der Waals surface area contributed by atoms with Crippen molar-refractivity contribution in [3.63, 3.8) is 0 Å². The predicted octanol–water partition coefficient (Wildman–Crippen LogP) is 4.41. The number of carbonyl (C=O) groups is 1. The Hall–Kier alpha value is -2.67. The van der Waals surface area contributed by atoms with Crippen LogP contribution in [0.15, 0.2) is 41.6 Å². The molecule has 0 unspecified atom stereocenters. The first-order valence-electron chi connectivity index (χ1n) is 12.5. The van der Waals surface area contributed by atoms with Crippen LogP contribution in [0.4, 0.5) is 5.69 Å². The number of piperidine rings is 1. The predicted molar refractivity (Wildman–Crippen MR) is 136 cm³/mol. The summed E-state index contributed by atoms with van der Waals surface area (Å²) >= 11 is 0. The number of pyridine rings is 2. The Balaban J connectivity index is 1.84. The van der Waals surface area contributed by atoms with E-state index in [-0.39, 0.29) is 30.0 Å². The molecule has 1 aliphatic rings. The minimum absolute atomic E-state index is 0.000261. The Labute approximate surface area is 203 Å². The standard InChI is InChI=1S/C27H40N4O3/c1-19(2)12-23(31-11-9-20(3)13-26(31)32)18-29-25(15-27(33)34-5)22-14-24(17-28-16-22)30-10-7-6-8-21(30)4/h9,11,13-14,16-17,19,21,23,25,29H,6-8,10,12,15,18H2,1-5H3/t21-,23-,25-/m0/s1. The van der Waals surface area contributed by atoms with Crippen molar-refractivity contribution in [1.82, 2.24) is 14.9 Å². The molecule has 7 nitrogen and oxygen atoms in total. The molecule has 1 saturated heterocycles. The summed E-state index contributed by atoms with van der Waals surface area (Å²) in [5.41, 5.74) is 3.01. The van der Waals surface area contributed by atoms with Gasteiger partial charge in [-0.15, -0.1) is 0 Å². The topological polar surface area (TPSA) is 76.5 Å². The molecule has 1 aliphatic heterocycles. The van der Waals surface area contributed by atoms with Gasteiger partial charge < -0.3 is 19.5 Å². The second-order valence-electron chi connectivity index (χ2n) is 9.99. The Morgan fingerprint density at radius 1 is 1.26 bits per heavy atom. The van der Waals surface area contributed by atoms with E-state index in [1.54, 1.807) is 10.6 Å². The smallest absolute Gasteiger partial charge is 0.307 e. The van der Waals surface area contributed by atoms with Gasteiger partial charge in [0.15, 0.2) is 0 Å². The van der Waals surface area contributed by atoms with Crippen LogP contribution in [0.1, 0.15) is 76.1 Å². The van der Waals surface area contributed by atoms with Crippen LogP contribution >= 0.6 is 0 Å². The van der Waals surface area contributed by atoms with Gasteiger partial charge in [0, 0.05) is 49.7 Å². The van der Waals surface area contributed by atoms with Crippen LogP contribution in [-0.4, -0.2) is 41.8 Å². The van der Waals surface area contributed by atoms with Crippen molar-refractivity contribution in [2.24, 2.45) is 5.92 Å². The van der Waals surface area contributed by atoms with E-state index in [2.05, 4.69) is 42.0 Å². The van der Waals surface area contributed by atoms with Gasteiger partial charge in [-0.25, -0.2) is 0 Å². The quantitative estimate of drug-likeness (QED) is 0.521. The van der Waals surface area contributed by atoms with E-state index in [4.69, 9.17) is 4.74 Å². The molecule has 2 aromatic heterocycles. The van der Waals surface area contributed by atoms with Crippen LogP contribution in [0, 0.1) is 12.8 Å². The minimum Gasteiger partial charge on any atom is -0.469 e. The number of esters is 1.